The van der Waals surface area contributed by atoms with Gasteiger partial charge in [-0.05, 0) is 24.9 Å². The highest BCUT2D eigenvalue weighted by Gasteiger charge is 2.42. The molecule has 0 saturated carbocycles. The molecule has 19 heavy (non-hydrogen) atoms. The minimum Gasteiger partial charge on any atom is -0.480 e. The van der Waals surface area contributed by atoms with Crippen molar-refractivity contribution >= 4 is 35.2 Å². The molecule has 6 nitrogen and oxygen atoms in total. The lowest BCUT2D eigenvalue weighted by Crippen LogP contribution is -2.45. The van der Waals surface area contributed by atoms with Crippen molar-refractivity contribution in [2.45, 2.75) is 38.1 Å². The van der Waals surface area contributed by atoms with E-state index in [4.69, 9.17) is 0 Å². The summed E-state index contributed by atoms with van der Waals surface area (Å²) in [5, 5.41) is 13.0. The molecular formula is C11H15N3O3S2. The molecule has 1 aliphatic heterocycles. The van der Waals surface area contributed by atoms with Crippen LogP contribution in [-0.2, 0) is 4.79 Å². The second-order valence-corrected chi connectivity index (χ2v) is 6.30. The number of aromatic nitrogens is 2. The Bertz CT molecular complexity index is 491. The van der Waals surface area contributed by atoms with Gasteiger partial charge in [-0.15, -0.1) is 16.9 Å². The van der Waals surface area contributed by atoms with E-state index in [9.17, 15) is 14.7 Å². The van der Waals surface area contributed by atoms with Crippen molar-refractivity contribution < 1.29 is 14.7 Å². The molecule has 1 aromatic rings. The number of amides is 1. The lowest BCUT2D eigenvalue weighted by Gasteiger charge is -2.26. The topological polar surface area (TPSA) is 83.4 Å². The summed E-state index contributed by atoms with van der Waals surface area (Å²) in [4.78, 5) is 25.7. The van der Waals surface area contributed by atoms with Gasteiger partial charge in [0.1, 0.15) is 10.9 Å². The average Bonchev–Trinajstić information content (AvgIpc) is 2.95. The third-order valence-electron chi connectivity index (χ3n) is 2.99. The number of carbonyl (C=O) groups is 2. The Hall–Kier alpha value is -1.15. The molecule has 1 N–H and O–H groups in total. The van der Waals surface area contributed by atoms with Crippen LogP contribution in [0.25, 0.3) is 0 Å². The molecular weight excluding hydrogens is 286 g/mol. The summed E-state index contributed by atoms with van der Waals surface area (Å²) in [6.07, 6.45) is 1.71. The Kier molecular flexibility index (Phi) is 4.41. The molecule has 2 atom stereocenters. The first kappa shape index (κ1) is 14.3. The summed E-state index contributed by atoms with van der Waals surface area (Å²) in [5.41, 5.74) is 0.561. The molecule has 1 fully saturated rings. The van der Waals surface area contributed by atoms with E-state index in [0.717, 1.165) is 24.4 Å². The SMILES string of the molecule is CCCC1SCC(C(=O)O)N1C(=O)c1snnc1C. The van der Waals surface area contributed by atoms with Crippen molar-refractivity contribution in [3.63, 3.8) is 0 Å². The van der Waals surface area contributed by atoms with Crippen LogP contribution in [0.1, 0.15) is 35.1 Å². The molecule has 0 bridgehead atoms. The number of hydrogen-bond donors (Lipinski definition) is 1. The summed E-state index contributed by atoms with van der Waals surface area (Å²) in [6.45, 7) is 3.74. The van der Waals surface area contributed by atoms with Gasteiger partial charge in [0.05, 0.1) is 11.1 Å². The Labute approximate surface area is 119 Å². The number of nitrogens with zero attached hydrogens (tertiary/aromatic N) is 3. The van der Waals surface area contributed by atoms with Gasteiger partial charge in [0.15, 0.2) is 0 Å². The molecule has 1 aromatic heterocycles. The van der Waals surface area contributed by atoms with E-state index in [1.807, 2.05) is 6.92 Å². The van der Waals surface area contributed by atoms with Gasteiger partial charge in [0, 0.05) is 5.75 Å². The van der Waals surface area contributed by atoms with Gasteiger partial charge in [-0.25, -0.2) is 4.79 Å². The minimum absolute atomic E-state index is 0.0694. The van der Waals surface area contributed by atoms with Crippen molar-refractivity contribution in [3.05, 3.63) is 10.6 Å². The molecule has 0 radical (unpaired) electrons. The van der Waals surface area contributed by atoms with Crippen LogP contribution in [0.4, 0.5) is 0 Å². The highest BCUT2D eigenvalue weighted by molar-refractivity contribution is 8.00. The van der Waals surface area contributed by atoms with Crippen LogP contribution in [0.15, 0.2) is 0 Å². The molecule has 0 aromatic carbocycles. The van der Waals surface area contributed by atoms with Crippen molar-refractivity contribution in [2.75, 3.05) is 5.75 Å². The molecule has 104 valence electrons. The minimum atomic E-state index is -0.949. The number of aliphatic carboxylic acids is 1. The number of carboxylic acid groups (broad SMARTS) is 1. The zero-order valence-corrected chi connectivity index (χ0v) is 12.3. The van der Waals surface area contributed by atoms with E-state index in [1.54, 1.807) is 6.92 Å². The quantitative estimate of drug-likeness (QED) is 0.909. The first-order valence-electron chi connectivity index (χ1n) is 6.02. The summed E-state index contributed by atoms with van der Waals surface area (Å²) >= 11 is 2.55. The Balaban J connectivity index is 2.28. The van der Waals surface area contributed by atoms with Gasteiger partial charge >= 0.3 is 5.97 Å². The van der Waals surface area contributed by atoms with E-state index < -0.39 is 12.0 Å². The lowest BCUT2D eigenvalue weighted by atomic mass is 10.2. The third-order valence-corrected chi connectivity index (χ3v) is 5.17. The van der Waals surface area contributed by atoms with Gasteiger partial charge in [-0.2, -0.15) is 0 Å². The first-order valence-corrected chi connectivity index (χ1v) is 7.84. The number of thioether (sulfide) groups is 1. The van der Waals surface area contributed by atoms with Crippen LogP contribution in [0.2, 0.25) is 0 Å². The van der Waals surface area contributed by atoms with Gasteiger partial charge < -0.3 is 10.0 Å². The smallest absolute Gasteiger partial charge is 0.327 e. The molecule has 2 heterocycles. The van der Waals surface area contributed by atoms with Crippen molar-refractivity contribution in [3.8, 4) is 0 Å². The Morgan fingerprint density at radius 3 is 2.79 bits per heavy atom. The van der Waals surface area contributed by atoms with Crippen molar-refractivity contribution in [2.24, 2.45) is 0 Å². The normalized spacial score (nSPS) is 22.7. The highest BCUT2D eigenvalue weighted by atomic mass is 32.2. The van der Waals surface area contributed by atoms with Crippen LogP contribution >= 0.6 is 23.3 Å². The summed E-state index contributed by atoms with van der Waals surface area (Å²) in [5.74, 6) is -0.769. The van der Waals surface area contributed by atoms with Gasteiger partial charge in [-0.1, -0.05) is 17.8 Å². The predicted octanol–water partition coefficient (Wildman–Crippen LogP) is 1.61. The fourth-order valence-electron chi connectivity index (χ4n) is 2.04. The van der Waals surface area contributed by atoms with Crippen LogP contribution in [0, 0.1) is 6.92 Å². The van der Waals surface area contributed by atoms with Crippen LogP contribution < -0.4 is 0 Å². The molecule has 1 aliphatic rings. The first-order chi connectivity index (χ1) is 9.06. The number of carbonyl (C=O) groups excluding carboxylic acids is 1. The standard InChI is InChI=1S/C11H15N3O3S2/c1-3-4-8-14(7(5-18-8)11(16)17)10(15)9-6(2)12-13-19-9/h7-8H,3-5H2,1-2H3,(H,16,17). The maximum Gasteiger partial charge on any atom is 0.327 e. The molecule has 0 spiro atoms. The zero-order valence-electron chi connectivity index (χ0n) is 10.7. The maximum atomic E-state index is 12.5. The van der Waals surface area contributed by atoms with E-state index in [1.165, 1.54) is 16.7 Å². The summed E-state index contributed by atoms with van der Waals surface area (Å²) < 4.78 is 3.75. The maximum absolute atomic E-state index is 12.5. The number of hydrogen-bond acceptors (Lipinski definition) is 6. The second kappa shape index (κ2) is 5.87. The molecule has 1 amide bonds. The molecule has 2 rings (SSSR count). The zero-order chi connectivity index (χ0) is 14.0. The lowest BCUT2D eigenvalue weighted by molar-refractivity contribution is -0.141. The van der Waals surface area contributed by atoms with Crippen molar-refractivity contribution in [1.82, 2.24) is 14.5 Å². The molecule has 2 unspecified atom stereocenters. The van der Waals surface area contributed by atoms with Gasteiger partial charge in [-0.3, -0.25) is 4.79 Å². The second-order valence-electron chi connectivity index (χ2n) is 4.33. The number of carboxylic acids is 1. The van der Waals surface area contributed by atoms with E-state index in [-0.39, 0.29) is 11.3 Å². The molecule has 0 aliphatic carbocycles. The highest BCUT2D eigenvalue weighted by Crippen LogP contribution is 2.34. The Morgan fingerprint density at radius 1 is 1.53 bits per heavy atom. The number of aryl methyl sites for hydroxylation is 1. The van der Waals surface area contributed by atoms with Crippen LogP contribution in [-0.4, -0.2) is 48.6 Å². The van der Waals surface area contributed by atoms with Gasteiger partial charge in [0.25, 0.3) is 5.91 Å². The van der Waals surface area contributed by atoms with E-state index in [2.05, 4.69) is 9.59 Å². The van der Waals surface area contributed by atoms with Crippen LogP contribution in [0.3, 0.4) is 0 Å². The summed E-state index contributed by atoms with van der Waals surface area (Å²) in [7, 11) is 0. The fraction of sp³-hybridized carbons (Fsp3) is 0.636. The molecule has 1 saturated heterocycles. The van der Waals surface area contributed by atoms with Gasteiger partial charge in [0.2, 0.25) is 0 Å². The largest absolute Gasteiger partial charge is 0.480 e. The van der Waals surface area contributed by atoms with E-state index in [0.29, 0.717) is 16.3 Å². The van der Waals surface area contributed by atoms with E-state index >= 15 is 0 Å². The Morgan fingerprint density at radius 2 is 2.26 bits per heavy atom. The average molecular weight is 301 g/mol. The third kappa shape index (κ3) is 2.74. The monoisotopic (exact) mass is 301 g/mol. The predicted molar refractivity (Wildman–Crippen MR) is 73.4 cm³/mol. The fourth-order valence-corrected chi connectivity index (χ4v) is 4.16. The van der Waals surface area contributed by atoms with Crippen molar-refractivity contribution in [1.29, 1.82) is 0 Å². The summed E-state index contributed by atoms with van der Waals surface area (Å²) in [6, 6.07) is -0.754. The van der Waals surface area contributed by atoms with Crippen LogP contribution in [0.5, 0.6) is 0 Å². The molecule has 8 heteroatoms. The number of rotatable bonds is 4.